The van der Waals surface area contributed by atoms with E-state index in [1.165, 1.54) is 51.4 Å². The zero-order chi connectivity index (χ0) is 27.7. The summed E-state index contributed by atoms with van der Waals surface area (Å²) in [5, 5.41) is 0. The number of nitrogens with zero attached hydrogens (tertiary/aromatic N) is 1. The molecule has 0 aromatic heterocycles. The van der Waals surface area contributed by atoms with Gasteiger partial charge in [-0.3, -0.25) is 4.79 Å². The molecule has 0 N–H and O–H groups in total. The summed E-state index contributed by atoms with van der Waals surface area (Å²) in [6.07, 6.45) is 14.0. The first kappa shape index (κ1) is 28.9. The van der Waals surface area contributed by atoms with E-state index >= 15 is 0 Å². The van der Waals surface area contributed by atoms with Crippen LogP contribution in [0.15, 0.2) is 0 Å². The van der Waals surface area contributed by atoms with Crippen molar-refractivity contribution in [2.45, 2.75) is 136 Å². The second-order valence-electron chi connectivity index (χ2n) is 15.8. The summed E-state index contributed by atoms with van der Waals surface area (Å²) >= 11 is 0. The van der Waals surface area contributed by atoms with Crippen LogP contribution in [0.4, 0.5) is 0 Å². The highest BCUT2D eigenvalue weighted by molar-refractivity contribution is 5.66. The number of rotatable bonds is 9. The van der Waals surface area contributed by atoms with E-state index in [0.29, 0.717) is 5.41 Å². The highest BCUT2D eigenvalue weighted by Gasteiger charge is 2.83. The van der Waals surface area contributed by atoms with E-state index < -0.39 is 0 Å². The molecule has 5 fully saturated rings. The topological polar surface area (TPSA) is 42.1 Å². The lowest BCUT2D eigenvalue weighted by Crippen LogP contribution is -2.62. The Balaban J connectivity index is 1.38. The largest absolute Gasteiger partial charge is 0.462 e. The number of carbonyl (C=O) groups excluding carboxylic acids is 1. The van der Waals surface area contributed by atoms with E-state index in [1.807, 2.05) is 0 Å². The van der Waals surface area contributed by atoms with Gasteiger partial charge >= 0.3 is 5.97 Å². The maximum atomic E-state index is 11.9. The van der Waals surface area contributed by atoms with Crippen molar-refractivity contribution in [1.29, 1.82) is 0 Å². The molecule has 0 aromatic rings. The summed E-state index contributed by atoms with van der Waals surface area (Å²) in [6, 6.07) is 0. The lowest BCUT2D eigenvalue weighted by molar-refractivity contribution is -0.159. The fraction of sp³-hybridized carbons (Fsp3) is 0.971. The Bertz CT molecular complexity index is 887. The summed E-state index contributed by atoms with van der Waals surface area (Å²) in [4.78, 5) is 14.2. The highest BCUT2D eigenvalue weighted by atomic mass is 16.6. The van der Waals surface area contributed by atoms with Crippen molar-refractivity contribution in [3.05, 3.63) is 0 Å². The van der Waals surface area contributed by atoms with E-state index in [9.17, 15) is 4.79 Å². The lowest BCUT2D eigenvalue weighted by Gasteiger charge is -2.61. The zero-order valence-corrected chi connectivity index (χ0v) is 26.3. The van der Waals surface area contributed by atoms with Crippen molar-refractivity contribution in [1.82, 2.24) is 4.90 Å². The van der Waals surface area contributed by atoms with E-state index in [1.54, 1.807) is 6.92 Å². The van der Waals surface area contributed by atoms with Gasteiger partial charge in [0.15, 0.2) is 0 Å². The minimum atomic E-state index is -0.138. The molecule has 0 radical (unpaired) electrons. The molecule has 0 amide bonds. The normalized spacial score (nSPS) is 47.1. The number of hydrogen-bond donors (Lipinski definition) is 0. The number of esters is 1. The SMILES string of the molecule is CC[C@H](CC[C@@H](C)[C@H]1CCC2C3C[C@]4(CN(C)C)O[C@]45C[C@@H](OC(C)=O)CC[C@]5(C)C3CC[C@@]21C)C(C)C. The highest BCUT2D eigenvalue weighted by Crippen LogP contribution is 2.78. The van der Waals surface area contributed by atoms with Crippen molar-refractivity contribution >= 4 is 5.97 Å². The Morgan fingerprint density at radius 2 is 1.74 bits per heavy atom. The Hall–Kier alpha value is -0.610. The Labute approximate surface area is 234 Å². The fourth-order valence-corrected chi connectivity index (χ4v) is 11.7. The van der Waals surface area contributed by atoms with Crippen LogP contribution in [0.2, 0.25) is 0 Å². The first-order valence-corrected chi connectivity index (χ1v) is 16.3. The third-order valence-electron chi connectivity index (χ3n) is 13.4. The minimum absolute atomic E-state index is 0.0181. The van der Waals surface area contributed by atoms with Gasteiger partial charge in [0, 0.05) is 25.3 Å². The molecule has 11 atom stereocenters. The Morgan fingerprint density at radius 3 is 2.37 bits per heavy atom. The van der Waals surface area contributed by atoms with E-state index in [2.05, 4.69) is 60.5 Å². The molecule has 1 saturated heterocycles. The van der Waals surface area contributed by atoms with Crippen LogP contribution in [0.5, 0.6) is 0 Å². The van der Waals surface area contributed by atoms with Crippen LogP contribution in [0.3, 0.4) is 0 Å². The van der Waals surface area contributed by atoms with Crippen LogP contribution in [0, 0.1) is 52.3 Å². The second-order valence-corrected chi connectivity index (χ2v) is 15.8. The molecule has 3 unspecified atom stereocenters. The van der Waals surface area contributed by atoms with Crippen LogP contribution in [0.25, 0.3) is 0 Å². The number of hydrogen-bond acceptors (Lipinski definition) is 4. The molecule has 1 heterocycles. The third-order valence-corrected chi connectivity index (χ3v) is 13.4. The van der Waals surface area contributed by atoms with Gasteiger partial charge in [-0.1, -0.05) is 54.4 Å². The summed E-state index contributed by atoms with van der Waals surface area (Å²) in [7, 11) is 4.41. The number of likely N-dealkylation sites (N-methyl/N-ethyl adjacent to an activating group) is 1. The molecule has 4 aliphatic carbocycles. The van der Waals surface area contributed by atoms with Gasteiger partial charge in [-0.15, -0.1) is 0 Å². The maximum absolute atomic E-state index is 11.9. The van der Waals surface area contributed by atoms with Crippen LogP contribution in [-0.4, -0.2) is 48.8 Å². The van der Waals surface area contributed by atoms with Crippen molar-refractivity contribution in [3.63, 3.8) is 0 Å². The third kappa shape index (κ3) is 4.32. The maximum Gasteiger partial charge on any atom is 0.302 e. The molecule has 0 aromatic carbocycles. The quantitative estimate of drug-likeness (QED) is 0.226. The first-order chi connectivity index (χ1) is 17.8. The molecular formula is C34H59NO3. The molecule has 38 heavy (non-hydrogen) atoms. The van der Waals surface area contributed by atoms with Gasteiger partial charge in [-0.2, -0.15) is 0 Å². The number of epoxide rings is 1. The van der Waals surface area contributed by atoms with Gasteiger partial charge in [0.05, 0.1) is 0 Å². The fourth-order valence-electron chi connectivity index (χ4n) is 11.7. The first-order valence-electron chi connectivity index (χ1n) is 16.3. The molecule has 1 aliphatic heterocycles. The van der Waals surface area contributed by atoms with Crippen LogP contribution < -0.4 is 0 Å². The van der Waals surface area contributed by atoms with Crippen molar-refractivity contribution in [2.24, 2.45) is 52.3 Å². The zero-order valence-electron chi connectivity index (χ0n) is 26.3. The lowest BCUT2D eigenvalue weighted by atomic mass is 9.42. The molecule has 4 saturated carbocycles. The monoisotopic (exact) mass is 529 g/mol. The average molecular weight is 530 g/mol. The molecule has 5 aliphatic rings. The predicted octanol–water partition coefficient (Wildman–Crippen LogP) is 7.74. The van der Waals surface area contributed by atoms with Gasteiger partial charge in [0.1, 0.15) is 17.3 Å². The van der Waals surface area contributed by atoms with Gasteiger partial charge in [-0.05, 0) is 112 Å². The van der Waals surface area contributed by atoms with Gasteiger partial charge in [0.2, 0.25) is 0 Å². The smallest absolute Gasteiger partial charge is 0.302 e. The van der Waals surface area contributed by atoms with Crippen molar-refractivity contribution in [3.8, 4) is 0 Å². The van der Waals surface area contributed by atoms with E-state index in [4.69, 9.17) is 9.47 Å². The molecule has 5 rings (SSSR count). The summed E-state index contributed by atoms with van der Waals surface area (Å²) in [5.74, 6) is 5.62. The number of ether oxygens (including phenoxy) is 2. The molecule has 4 nitrogen and oxygen atoms in total. The summed E-state index contributed by atoms with van der Waals surface area (Å²) in [5.41, 5.74) is 0.493. The predicted molar refractivity (Wildman–Crippen MR) is 155 cm³/mol. The Morgan fingerprint density at radius 1 is 1.00 bits per heavy atom. The molecular weight excluding hydrogens is 470 g/mol. The molecule has 0 bridgehead atoms. The van der Waals surface area contributed by atoms with Crippen molar-refractivity contribution < 1.29 is 14.3 Å². The van der Waals surface area contributed by atoms with Crippen LogP contribution in [0.1, 0.15) is 119 Å². The van der Waals surface area contributed by atoms with Crippen LogP contribution >= 0.6 is 0 Å². The van der Waals surface area contributed by atoms with Gasteiger partial charge in [0.25, 0.3) is 0 Å². The number of fused-ring (bicyclic) bond motifs is 4. The summed E-state index contributed by atoms with van der Waals surface area (Å²) in [6.45, 7) is 17.7. The van der Waals surface area contributed by atoms with Crippen LogP contribution in [-0.2, 0) is 14.3 Å². The Kier molecular flexibility index (Phi) is 7.63. The van der Waals surface area contributed by atoms with E-state index in [-0.39, 0.29) is 28.7 Å². The standard InChI is InChI=1S/C34H59NO3/c1-10-25(22(2)3)12-11-23(4)28-13-14-29-27-20-33(21-35(8)9)34(38-33)19-26(37-24(5)36)15-18-32(34,7)30(27)16-17-31(28,29)6/h22-23,25-30H,10-21H2,1-9H3/t23-,25-,26+,27?,28-,29?,30?,31-,32-,33-,34+/m1/s1. The minimum Gasteiger partial charge on any atom is -0.462 e. The van der Waals surface area contributed by atoms with Gasteiger partial charge < -0.3 is 14.4 Å². The molecule has 1 spiro atoms. The molecule has 4 heteroatoms. The van der Waals surface area contributed by atoms with Gasteiger partial charge in [-0.25, -0.2) is 0 Å². The van der Waals surface area contributed by atoms with Crippen molar-refractivity contribution in [2.75, 3.05) is 20.6 Å². The molecule has 218 valence electrons. The number of carbonyl (C=O) groups is 1. The summed E-state index contributed by atoms with van der Waals surface area (Å²) < 4.78 is 12.9. The average Bonchev–Trinajstić information content (AvgIpc) is 3.28. The second kappa shape index (κ2) is 10.0. The van der Waals surface area contributed by atoms with E-state index in [0.717, 1.165) is 67.2 Å².